The number of amides is 1. The summed E-state index contributed by atoms with van der Waals surface area (Å²) in [5.74, 6) is 1.58. The fourth-order valence-electron chi connectivity index (χ4n) is 2.07. The van der Waals surface area contributed by atoms with Crippen molar-refractivity contribution >= 4 is 18.3 Å². The molecule has 0 unspecified atom stereocenters. The van der Waals surface area contributed by atoms with E-state index in [4.69, 9.17) is 9.47 Å². The third-order valence-corrected chi connectivity index (χ3v) is 3.64. The number of hydrogen-bond donors (Lipinski definition) is 2. The minimum Gasteiger partial charge on any atom is -0.493 e. The van der Waals surface area contributed by atoms with Crippen LogP contribution in [0.25, 0.3) is 0 Å². The first kappa shape index (κ1) is 19.7. The number of rotatable bonds is 10. The number of hydrogen-bond acceptors (Lipinski definition) is 4. The minimum atomic E-state index is -0.0233. The van der Waals surface area contributed by atoms with E-state index in [0.29, 0.717) is 32.2 Å². The van der Waals surface area contributed by atoms with Crippen molar-refractivity contribution < 1.29 is 14.3 Å². The Hall–Kier alpha value is -1.30. The van der Waals surface area contributed by atoms with Gasteiger partial charge in [0.05, 0.1) is 19.8 Å². The molecule has 23 heavy (non-hydrogen) atoms. The predicted octanol–water partition coefficient (Wildman–Crippen LogP) is 2.06. The molecule has 0 bridgehead atoms. The monoisotopic (exact) mass is 342 g/mol. The summed E-state index contributed by atoms with van der Waals surface area (Å²) in [6.45, 7) is 4.89. The Morgan fingerprint density at radius 1 is 1.35 bits per heavy atom. The lowest BCUT2D eigenvalue weighted by Gasteiger charge is -2.13. The summed E-state index contributed by atoms with van der Waals surface area (Å²) < 4.78 is 10.8. The van der Waals surface area contributed by atoms with Crippen molar-refractivity contribution in [2.24, 2.45) is 5.92 Å². The molecule has 130 valence electrons. The summed E-state index contributed by atoms with van der Waals surface area (Å²) in [6, 6.07) is 6.11. The van der Waals surface area contributed by atoms with Gasteiger partial charge in [-0.2, -0.15) is 0 Å². The van der Waals surface area contributed by atoms with Crippen molar-refractivity contribution in [1.29, 1.82) is 0 Å². The average molecular weight is 343 g/mol. The lowest BCUT2D eigenvalue weighted by Crippen LogP contribution is -2.34. The number of methoxy groups -OCH3 is 1. The van der Waals surface area contributed by atoms with Crippen LogP contribution in [0.1, 0.15) is 24.0 Å². The molecule has 1 aliphatic carbocycles. The second-order valence-electron chi connectivity index (χ2n) is 5.81. The molecule has 1 aromatic carbocycles. The van der Waals surface area contributed by atoms with Gasteiger partial charge in [0.1, 0.15) is 5.75 Å². The highest BCUT2D eigenvalue weighted by atomic mass is 35.5. The quantitative estimate of drug-likeness (QED) is 0.639. The molecule has 0 spiro atoms. The Morgan fingerprint density at radius 3 is 2.83 bits per heavy atom. The number of carbonyl (C=O) groups excluding carboxylic acids is 1. The second kappa shape index (κ2) is 10.5. The molecule has 2 N–H and O–H groups in total. The molecule has 0 heterocycles. The van der Waals surface area contributed by atoms with E-state index in [1.54, 1.807) is 7.11 Å². The third-order valence-electron chi connectivity index (χ3n) is 3.64. The molecule has 1 aromatic rings. The van der Waals surface area contributed by atoms with E-state index in [2.05, 4.69) is 10.6 Å². The molecule has 0 atom stereocenters. The maximum absolute atomic E-state index is 11.8. The minimum absolute atomic E-state index is 0. The lowest BCUT2D eigenvalue weighted by molar-refractivity contribution is -0.120. The molecule has 0 aromatic heterocycles. The van der Waals surface area contributed by atoms with Crippen molar-refractivity contribution in [2.45, 2.75) is 26.3 Å². The Bertz CT molecular complexity index is 493. The first-order chi connectivity index (χ1) is 10.7. The van der Waals surface area contributed by atoms with Crippen LogP contribution in [-0.2, 0) is 16.1 Å². The fourth-order valence-corrected chi connectivity index (χ4v) is 2.07. The van der Waals surface area contributed by atoms with Crippen molar-refractivity contribution in [1.82, 2.24) is 10.6 Å². The standard InChI is InChI=1S/C17H26N2O3.ClH/c1-13-3-6-15(16(9-13)22-12-14-4-5-14)10-19-17(20)11-18-7-8-21-2;/h3,6,9,14,18H,4-5,7-8,10-12H2,1-2H3,(H,19,20);1H. The van der Waals surface area contributed by atoms with Crippen molar-refractivity contribution in [2.75, 3.05) is 33.4 Å². The van der Waals surface area contributed by atoms with E-state index in [1.807, 2.05) is 25.1 Å². The largest absolute Gasteiger partial charge is 0.493 e. The first-order valence-electron chi connectivity index (χ1n) is 7.87. The normalized spacial score (nSPS) is 13.3. The predicted molar refractivity (Wildman–Crippen MR) is 93.2 cm³/mol. The lowest BCUT2D eigenvalue weighted by atomic mass is 10.1. The van der Waals surface area contributed by atoms with E-state index in [-0.39, 0.29) is 18.3 Å². The zero-order valence-corrected chi connectivity index (χ0v) is 14.7. The van der Waals surface area contributed by atoms with Gasteiger partial charge in [-0.15, -0.1) is 12.4 Å². The van der Waals surface area contributed by atoms with Crippen LogP contribution >= 0.6 is 12.4 Å². The Labute approximate surface area is 144 Å². The van der Waals surface area contributed by atoms with Gasteiger partial charge in [0.15, 0.2) is 0 Å². The van der Waals surface area contributed by atoms with Crippen molar-refractivity contribution in [3.8, 4) is 5.75 Å². The summed E-state index contributed by atoms with van der Waals surface area (Å²) in [5, 5.41) is 5.94. The van der Waals surface area contributed by atoms with Crippen LogP contribution in [0.5, 0.6) is 5.75 Å². The van der Waals surface area contributed by atoms with Crippen LogP contribution < -0.4 is 15.4 Å². The maximum Gasteiger partial charge on any atom is 0.234 e. The van der Waals surface area contributed by atoms with E-state index in [1.165, 1.54) is 18.4 Å². The molecule has 1 fully saturated rings. The number of aryl methyl sites for hydroxylation is 1. The van der Waals surface area contributed by atoms with E-state index < -0.39 is 0 Å². The van der Waals surface area contributed by atoms with Gasteiger partial charge < -0.3 is 20.1 Å². The highest BCUT2D eigenvalue weighted by molar-refractivity contribution is 5.85. The zero-order valence-electron chi connectivity index (χ0n) is 13.9. The topological polar surface area (TPSA) is 59.6 Å². The van der Waals surface area contributed by atoms with Gasteiger partial charge in [-0.1, -0.05) is 12.1 Å². The Kier molecular flexibility index (Phi) is 8.99. The van der Waals surface area contributed by atoms with Crippen molar-refractivity contribution in [3.63, 3.8) is 0 Å². The van der Waals surface area contributed by atoms with E-state index in [0.717, 1.165) is 17.9 Å². The summed E-state index contributed by atoms with van der Waals surface area (Å²) in [4.78, 5) is 11.8. The SMILES string of the molecule is COCCNCC(=O)NCc1ccc(C)cc1OCC1CC1.Cl. The average Bonchev–Trinajstić information content (AvgIpc) is 3.33. The molecule has 1 saturated carbocycles. The summed E-state index contributed by atoms with van der Waals surface area (Å²) >= 11 is 0. The van der Waals surface area contributed by atoms with Crippen LogP contribution in [0.2, 0.25) is 0 Å². The number of nitrogens with one attached hydrogen (secondary N) is 2. The Morgan fingerprint density at radius 2 is 2.13 bits per heavy atom. The summed E-state index contributed by atoms with van der Waals surface area (Å²) in [6.07, 6.45) is 2.54. The number of benzene rings is 1. The van der Waals surface area contributed by atoms with Crippen LogP contribution in [0, 0.1) is 12.8 Å². The highest BCUT2D eigenvalue weighted by Crippen LogP contribution is 2.30. The fraction of sp³-hybridized carbons (Fsp3) is 0.588. The molecule has 1 aliphatic rings. The number of ether oxygens (including phenoxy) is 2. The molecule has 1 amide bonds. The molecule has 2 rings (SSSR count). The number of halogens is 1. The Balaban J connectivity index is 0.00000264. The van der Waals surface area contributed by atoms with E-state index in [9.17, 15) is 4.79 Å². The van der Waals surface area contributed by atoms with Gasteiger partial charge in [-0.3, -0.25) is 4.79 Å². The summed E-state index contributed by atoms with van der Waals surface area (Å²) in [7, 11) is 1.64. The van der Waals surface area contributed by atoms with Gasteiger partial charge in [0, 0.05) is 25.8 Å². The summed E-state index contributed by atoms with van der Waals surface area (Å²) in [5.41, 5.74) is 2.19. The van der Waals surface area contributed by atoms with Crippen LogP contribution in [0.3, 0.4) is 0 Å². The molecule has 5 nitrogen and oxygen atoms in total. The van der Waals surface area contributed by atoms with Crippen molar-refractivity contribution in [3.05, 3.63) is 29.3 Å². The smallest absolute Gasteiger partial charge is 0.234 e. The van der Waals surface area contributed by atoms with Gasteiger partial charge in [-0.05, 0) is 37.3 Å². The molecule has 0 radical (unpaired) electrons. The van der Waals surface area contributed by atoms with Gasteiger partial charge >= 0.3 is 0 Å². The zero-order chi connectivity index (χ0) is 15.8. The van der Waals surface area contributed by atoms with Gasteiger partial charge in [0.25, 0.3) is 0 Å². The molecule has 0 saturated heterocycles. The van der Waals surface area contributed by atoms with Gasteiger partial charge in [-0.25, -0.2) is 0 Å². The van der Waals surface area contributed by atoms with Gasteiger partial charge in [0.2, 0.25) is 5.91 Å². The molecule has 0 aliphatic heterocycles. The number of carbonyl (C=O) groups is 1. The van der Waals surface area contributed by atoms with Crippen LogP contribution in [0.4, 0.5) is 0 Å². The first-order valence-corrected chi connectivity index (χ1v) is 7.87. The highest BCUT2D eigenvalue weighted by Gasteiger charge is 2.22. The second-order valence-corrected chi connectivity index (χ2v) is 5.81. The molecular weight excluding hydrogens is 316 g/mol. The maximum atomic E-state index is 11.8. The van der Waals surface area contributed by atoms with Crippen LogP contribution in [0.15, 0.2) is 18.2 Å². The third kappa shape index (κ3) is 7.68. The molecular formula is C17H27ClN2O3. The van der Waals surface area contributed by atoms with Crippen LogP contribution in [-0.4, -0.2) is 39.3 Å². The molecule has 6 heteroatoms. The van der Waals surface area contributed by atoms with E-state index >= 15 is 0 Å².